The molecule has 0 radical (unpaired) electrons. The number of piperazine rings is 1. The molecule has 0 atom stereocenters. The van der Waals surface area contributed by atoms with E-state index in [4.69, 9.17) is 0 Å². The number of aromatic nitrogens is 2. The minimum absolute atomic E-state index is 0. The van der Waals surface area contributed by atoms with E-state index in [1.165, 1.54) is 18.5 Å². The molecule has 3 rings (SSSR count). The number of hydrogen-bond donors (Lipinski definition) is 1. The highest BCUT2D eigenvalue weighted by atomic mass is 127. The monoisotopic (exact) mass is 508 g/mol. The first-order valence-electron chi connectivity index (χ1n) is 8.92. The lowest BCUT2D eigenvalue weighted by Gasteiger charge is -2.37. The summed E-state index contributed by atoms with van der Waals surface area (Å²) in [5.74, 6) is 0.630. The van der Waals surface area contributed by atoms with Gasteiger partial charge in [-0.15, -0.1) is 24.0 Å². The number of nitrogens with zero attached hydrogens (tertiary/aromatic N) is 5. The average molecular weight is 508 g/mol. The summed E-state index contributed by atoms with van der Waals surface area (Å²) in [4.78, 5) is 12.5. The van der Waals surface area contributed by atoms with E-state index in [1.807, 2.05) is 17.9 Å². The Hall–Kier alpha value is -1.98. The van der Waals surface area contributed by atoms with Crippen molar-refractivity contribution < 1.29 is 13.2 Å². The average Bonchev–Trinajstić information content (AvgIpc) is 3.15. The van der Waals surface area contributed by atoms with Crippen LogP contribution in [0.15, 0.2) is 41.7 Å². The topological polar surface area (TPSA) is 48.7 Å². The van der Waals surface area contributed by atoms with E-state index >= 15 is 0 Å². The molecule has 6 nitrogen and oxygen atoms in total. The molecular weight excluding hydrogens is 484 g/mol. The van der Waals surface area contributed by atoms with Gasteiger partial charge in [-0.3, -0.25) is 4.57 Å². The maximum Gasteiger partial charge on any atom is 0.319 e. The Kier molecular flexibility index (Phi) is 8.39. The molecule has 1 aromatic carbocycles. The summed E-state index contributed by atoms with van der Waals surface area (Å²) in [5, 5.41) is 3.19. The normalized spacial score (nSPS) is 15.0. The fraction of sp³-hybridized carbons (Fsp3) is 0.444. The first-order chi connectivity index (χ1) is 13.1. The maximum absolute atomic E-state index is 14.0. The van der Waals surface area contributed by atoms with Crippen LogP contribution < -0.4 is 10.2 Å². The van der Waals surface area contributed by atoms with Crippen molar-refractivity contribution in [2.75, 3.05) is 37.6 Å². The number of aliphatic imine (C=N–C) groups is 1. The Morgan fingerprint density at radius 3 is 2.57 bits per heavy atom. The van der Waals surface area contributed by atoms with Gasteiger partial charge in [0.25, 0.3) is 0 Å². The van der Waals surface area contributed by atoms with Crippen LogP contribution in [0.2, 0.25) is 0 Å². The van der Waals surface area contributed by atoms with Gasteiger partial charge in [0.15, 0.2) is 5.96 Å². The Balaban J connectivity index is 0.00000280. The first kappa shape index (κ1) is 22.3. The second kappa shape index (κ2) is 10.5. The quantitative estimate of drug-likeness (QED) is 0.383. The highest BCUT2D eigenvalue weighted by Gasteiger charge is 2.21. The van der Waals surface area contributed by atoms with Gasteiger partial charge in [0, 0.05) is 45.1 Å². The number of anilines is 1. The highest BCUT2D eigenvalue weighted by Crippen LogP contribution is 2.20. The lowest BCUT2D eigenvalue weighted by molar-refractivity contribution is 0.0671. The molecule has 1 fully saturated rings. The minimum Gasteiger partial charge on any atom is -0.366 e. The highest BCUT2D eigenvalue weighted by molar-refractivity contribution is 14.0. The summed E-state index contributed by atoms with van der Waals surface area (Å²) >= 11 is 0. The summed E-state index contributed by atoms with van der Waals surface area (Å²) in [6, 6.07) is 6.72. The number of rotatable bonds is 5. The van der Waals surface area contributed by atoms with E-state index in [0.29, 0.717) is 44.4 Å². The molecule has 1 aliphatic heterocycles. The third kappa shape index (κ3) is 5.30. The van der Waals surface area contributed by atoms with Gasteiger partial charge >= 0.3 is 6.55 Å². The number of para-hydroxylation sites is 1. The van der Waals surface area contributed by atoms with Crippen molar-refractivity contribution >= 4 is 35.6 Å². The summed E-state index contributed by atoms with van der Waals surface area (Å²) in [6.45, 7) is 2.65. The summed E-state index contributed by atoms with van der Waals surface area (Å²) in [5.41, 5.74) is 0.595. The standard InChI is InChI=1S/C18H23F3N6.HI/c1-2-22-18(24-13-16-23-7-8-27(16)17(20)21)26-11-9-25(10-12-26)15-6-4-3-5-14(15)19;/h3-8,17H,2,9-13H2,1H3,(H,22,24);1H. The summed E-state index contributed by atoms with van der Waals surface area (Å²) < 4.78 is 40.7. The SMILES string of the molecule is CCNC(=NCc1nccn1C(F)F)N1CCN(c2ccccc2F)CC1.I. The Labute approximate surface area is 179 Å². The molecule has 0 spiro atoms. The number of imidazole rings is 1. The van der Waals surface area contributed by atoms with Crippen molar-refractivity contribution in [1.29, 1.82) is 0 Å². The van der Waals surface area contributed by atoms with Crippen LogP contribution in [0.25, 0.3) is 0 Å². The van der Waals surface area contributed by atoms with Gasteiger partial charge in [0.05, 0.1) is 5.69 Å². The van der Waals surface area contributed by atoms with E-state index < -0.39 is 6.55 Å². The molecule has 0 aliphatic carbocycles. The van der Waals surface area contributed by atoms with Crippen LogP contribution in [-0.4, -0.2) is 53.1 Å². The van der Waals surface area contributed by atoms with E-state index in [1.54, 1.807) is 12.1 Å². The molecule has 1 aromatic heterocycles. The molecule has 1 saturated heterocycles. The molecule has 2 aromatic rings. The Morgan fingerprint density at radius 2 is 1.93 bits per heavy atom. The number of guanidine groups is 1. The molecular formula is C18H24F3IN6. The predicted octanol–water partition coefficient (Wildman–Crippen LogP) is 3.32. The van der Waals surface area contributed by atoms with Crippen LogP contribution in [0.4, 0.5) is 18.9 Å². The lowest BCUT2D eigenvalue weighted by Crippen LogP contribution is -2.52. The van der Waals surface area contributed by atoms with Crippen LogP contribution >= 0.6 is 24.0 Å². The van der Waals surface area contributed by atoms with E-state index in [9.17, 15) is 13.2 Å². The second-order valence-electron chi connectivity index (χ2n) is 6.12. The zero-order valence-electron chi connectivity index (χ0n) is 15.6. The molecule has 10 heteroatoms. The molecule has 2 heterocycles. The van der Waals surface area contributed by atoms with Crippen LogP contribution in [0.5, 0.6) is 0 Å². The second-order valence-corrected chi connectivity index (χ2v) is 6.12. The molecule has 1 N–H and O–H groups in total. The maximum atomic E-state index is 14.0. The number of benzene rings is 1. The van der Waals surface area contributed by atoms with Gasteiger partial charge in [-0.2, -0.15) is 8.78 Å². The Bertz CT molecular complexity index is 774. The molecule has 154 valence electrons. The summed E-state index contributed by atoms with van der Waals surface area (Å²) in [6.07, 6.45) is 2.59. The fourth-order valence-electron chi connectivity index (χ4n) is 3.08. The molecule has 0 saturated carbocycles. The zero-order valence-corrected chi connectivity index (χ0v) is 17.9. The number of hydrogen-bond acceptors (Lipinski definition) is 3. The summed E-state index contributed by atoms with van der Waals surface area (Å²) in [7, 11) is 0. The van der Waals surface area contributed by atoms with Crippen molar-refractivity contribution in [3.63, 3.8) is 0 Å². The zero-order chi connectivity index (χ0) is 19.2. The van der Waals surface area contributed by atoms with Gasteiger partial charge < -0.3 is 15.1 Å². The first-order valence-corrected chi connectivity index (χ1v) is 8.92. The van der Waals surface area contributed by atoms with Crippen molar-refractivity contribution in [2.45, 2.75) is 20.0 Å². The van der Waals surface area contributed by atoms with Crippen molar-refractivity contribution in [1.82, 2.24) is 19.8 Å². The number of halogens is 4. The van der Waals surface area contributed by atoms with Gasteiger partial charge in [-0.25, -0.2) is 14.4 Å². The van der Waals surface area contributed by atoms with Gasteiger partial charge in [0.1, 0.15) is 18.2 Å². The molecule has 0 bridgehead atoms. The van der Waals surface area contributed by atoms with E-state index in [2.05, 4.69) is 20.2 Å². The molecule has 1 aliphatic rings. The van der Waals surface area contributed by atoms with Crippen molar-refractivity contribution in [3.05, 3.63) is 48.3 Å². The lowest BCUT2D eigenvalue weighted by atomic mass is 10.2. The van der Waals surface area contributed by atoms with Gasteiger partial charge in [-0.05, 0) is 19.1 Å². The minimum atomic E-state index is -2.63. The molecule has 0 unspecified atom stereocenters. The largest absolute Gasteiger partial charge is 0.366 e. The third-order valence-electron chi connectivity index (χ3n) is 4.44. The van der Waals surface area contributed by atoms with Gasteiger partial charge in [0.2, 0.25) is 0 Å². The number of alkyl halides is 2. The Morgan fingerprint density at radius 1 is 1.21 bits per heavy atom. The molecule has 0 amide bonds. The van der Waals surface area contributed by atoms with Crippen molar-refractivity contribution in [3.8, 4) is 0 Å². The molecule has 28 heavy (non-hydrogen) atoms. The fourth-order valence-corrected chi connectivity index (χ4v) is 3.08. The predicted molar refractivity (Wildman–Crippen MR) is 114 cm³/mol. The van der Waals surface area contributed by atoms with Crippen LogP contribution in [0.1, 0.15) is 19.3 Å². The third-order valence-corrected chi connectivity index (χ3v) is 4.44. The van der Waals surface area contributed by atoms with Crippen LogP contribution in [-0.2, 0) is 6.54 Å². The number of nitrogens with one attached hydrogen (secondary N) is 1. The van der Waals surface area contributed by atoms with E-state index in [0.717, 1.165) is 4.57 Å². The van der Waals surface area contributed by atoms with Crippen LogP contribution in [0.3, 0.4) is 0 Å². The van der Waals surface area contributed by atoms with E-state index in [-0.39, 0.29) is 42.2 Å². The smallest absolute Gasteiger partial charge is 0.319 e. The van der Waals surface area contributed by atoms with Crippen LogP contribution in [0, 0.1) is 5.82 Å². The van der Waals surface area contributed by atoms with Crippen molar-refractivity contribution in [2.24, 2.45) is 4.99 Å². The van der Waals surface area contributed by atoms with Gasteiger partial charge in [-0.1, -0.05) is 12.1 Å².